The van der Waals surface area contributed by atoms with E-state index in [9.17, 15) is 0 Å². The predicted molar refractivity (Wildman–Crippen MR) is 105 cm³/mol. The second kappa shape index (κ2) is 7.94. The van der Waals surface area contributed by atoms with Crippen LogP contribution in [-0.2, 0) is 4.74 Å². The first kappa shape index (κ1) is 20.0. The normalized spacial score (nSPS) is 32.8. The van der Waals surface area contributed by atoms with Gasteiger partial charge >= 0.3 is 0 Å². The van der Waals surface area contributed by atoms with E-state index >= 15 is 0 Å². The monoisotopic (exact) mass is 334 g/mol. The maximum absolute atomic E-state index is 6.17. The third kappa shape index (κ3) is 4.45. The zero-order valence-corrected chi connectivity index (χ0v) is 17.2. The fraction of sp³-hybridized carbons (Fsp3) is 0.913. The second-order valence-electron chi connectivity index (χ2n) is 10.2. The van der Waals surface area contributed by atoms with Crippen molar-refractivity contribution in [2.24, 2.45) is 34.5 Å². The zero-order valence-electron chi connectivity index (χ0n) is 17.2. The minimum atomic E-state index is 0.399. The molecule has 1 saturated carbocycles. The molecule has 2 aliphatic rings. The highest BCUT2D eigenvalue weighted by atomic mass is 16.5. The van der Waals surface area contributed by atoms with Crippen molar-refractivity contribution in [2.75, 3.05) is 6.61 Å². The van der Waals surface area contributed by atoms with Gasteiger partial charge in [0.2, 0.25) is 0 Å². The summed E-state index contributed by atoms with van der Waals surface area (Å²) in [6.45, 7) is 19.5. The molecule has 0 aromatic carbocycles. The van der Waals surface area contributed by atoms with Gasteiger partial charge in [-0.15, -0.1) is 6.58 Å². The van der Waals surface area contributed by atoms with Crippen LogP contribution in [0.4, 0.5) is 0 Å². The molecule has 0 spiro atoms. The summed E-state index contributed by atoms with van der Waals surface area (Å²) in [5.41, 5.74) is 0.813. The van der Waals surface area contributed by atoms with E-state index in [0.717, 1.165) is 24.4 Å². The minimum Gasteiger partial charge on any atom is -0.377 e. The maximum atomic E-state index is 6.17. The molecule has 0 amide bonds. The Morgan fingerprint density at radius 2 is 1.62 bits per heavy atom. The van der Waals surface area contributed by atoms with Gasteiger partial charge in [0.1, 0.15) is 0 Å². The molecule has 0 radical (unpaired) electrons. The van der Waals surface area contributed by atoms with Crippen molar-refractivity contribution >= 4 is 0 Å². The molecule has 1 aliphatic heterocycles. The second-order valence-corrected chi connectivity index (χ2v) is 10.2. The Labute approximate surface area is 151 Å². The van der Waals surface area contributed by atoms with Gasteiger partial charge in [-0.05, 0) is 60.7 Å². The molecule has 2 fully saturated rings. The Morgan fingerprint density at radius 1 is 1.00 bits per heavy atom. The first-order chi connectivity index (χ1) is 11.2. The number of rotatable bonds is 6. The Balaban J connectivity index is 1.82. The fourth-order valence-corrected chi connectivity index (χ4v) is 4.88. The van der Waals surface area contributed by atoms with Crippen LogP contribution in [0.2, 0.25) is 0 Å². The summed E-state index contributed by atoms with van der Waals surface area (Å²) in [6.07, 6.45) is 12.1. The molecule has 1 heterocycles. The fourth-order valence-electron chi connectivity index (χ4n) is 4.88. The minimum absolute atomic E-state index is 0.399. The molecule has 2 unspecified atom stereocenters. The van der Waals surface area contributed by atoms with E-state index in [2.05, 4.69) is 54.2 Å². The van der Waals surface area contributed by atoms with Crippen LogP contribution in [0.5, 0.6) is 0 Å². The lowest BCUT2D eigenvalue weighted by Gasteiger charge is -2.48. The van der Waals surface area contributed by atoms with Gasteiger partial charge < -0.3 is 4.74 Å². The molecule has 1 heteroatoms. The largest absolute Gasteiger partial charge is 0.377 e. The topological polar surface area (TPSA) is 9.23 Å². The smallest absolute Gasteiger partial charge is 0.0603 e. The SMILES string of the molecule is C=CC1CCC(C2CCC(CC(C)(C)C(C)(C)C(C)C)CC2)OC1. The lowest BCUT2D eigenvalue weighted by Crippen LogP contribution is -2.39. The average Bonchev–Trinajstić information content (AvgIpc) is 2.55. The Hall–Kier alpha value is -0.300. The highest BCUT2D eigenvalue weighted by Crippen LogP contribution is 2.50. The van der Waals surface area contributed by atoms with E-state index in [-0.39, 0.29) is 0 Å². The van der Waals surface area contributed by atoms with E-state index in [4.69, 9.17) is 4.74 Å². The van der Waals surface area contributed by atoms with Crippen LogP contribution < -0.4 is 0 Å². The van der Waals surface area contributed by atoms with Crippen LogP contribution in [0.3, 0.4) is 0 Å². The maximum Gasteiger partial charge on any atom is 0.0603 e. The molecule has 140 valence electrons. The summed E-state index contributed by atoms with van der Waals surface area (Å²) >= 11 is 0. The van der Waals surface area contributed by atoms with E-state index in [1.807, 2.05) is 0 Å². The van der Waals surface area contributed by atoms with Crippen molar-refractivity contribution in [1.82, 2.24) is 0 Å². The molecule has 1 aliphatic carbocycles. The average molecular weight is 335 g/mol. The highest BCUT2D eigenvalue weighted by molar-refractivity contribution is 4.92. The van der Waals surface area contributed by atoms with E-state index in [0.29, 0.717) is 22.9 Å². The van der Waals surface area contributed by atoms with Crippen LogP contribution in [-0.4, -0.2) is 12.7 Å². The third-order valence-electron chi connectivity index (χ3n) is 8.08. The summed E-state index contributed by atoms with van der Waals surface area (Å²) in [4.78, 5) is 0. The molecule has 0 bridgehead atoms. The predicted octanol–water partition coefficient (Wildman–Crippen LogP) is 6.87. The van der Waals surface area contributed by atoms with Gasteiger partial charge in [0.15, 0.2) is 0 Å². The molecule has 24 heavy (non-hydrogen) atoms. The van der Waals surface area contributed by atoms with Gasteiger partial charge in [-0.25, -0.2) is 0 Å². The van der Waals surface area contributed by atoms with E-state index in [1.54, 1.807) is 0 Å². The molecule has 1 nitrogen and oxygen atoms in total. The Morgan fingerprint density at radius 3 is 2.08 bits per heavy atom. The number of hydrogen-bond acceptors (Lipinski definition) is 1. The molecule has 0 N–H and O–H groups in total. The van der Waals surface area contributed by atoms with Gasteiger partial charge in [0.05, 0.1) is 12.7 Å². The summed E-state index contributed by atoms with van der Waals surface area (Å²) in [5.74, 6) is 3.06. The Bertz CT molecular complexity index is 390. The summed E-state index contributed by atoms with van der Waals surface area (Å²) in [7, 11) is 0. The van der Waals surface area contributed by atoms with Gasteiger partial charge in [-0.2, -0.15) is 0 Å². The van der Waals surface area contributed by atoms with Crippen LogP contribution in [0.1, 0.15) is 86.5 Å². The van der Waals surface area contributed by atoms with Crippen LogP contribution in [0.15, 0.2) is 12.7 Å². The van der Waals surface area contributed by atoms with Crippen molar-refractivity contribution in [3.8, 4) is 0 Å². The van der Waals surface area contributed by atoms with Crippen molar-refractivity contribution in [3.63, 3.8) is 0 Å². The molecule has 2 rings (SSSR count). The van der Waals surface area contributed by atoms with Gasteiger partial charge in [-0.3, -0.25) is 0 Å². The van der Waals surface area contributed by atoms with Crippen molar-refractivity contribution in [3.05, 3.63) is 12.7 Å². The van der Waals surface area contributed by atoms with Crippen molar-refractivity contribution in [1.29, 1.82) is 0 Å². The quantitative estimate of drug-likeness (QED) is 0.481. The Kier molecular flexibility index (Phi) is 6.62. The van der Waals surface area contributed by atoms with E-state index < -0.39 is 0 Å². The molecule has 1 saturated heterocycles. The molecular formula is C23H42O. The van der Waals surface area contributed by atoms with E-state index in [1.165, 1.54) is 44.9 Å². The summed E-state index contributed by atoms with van der Waals surface area (Å²) in [6, 6.07) is 0. The standard InChI is InChI=1S/C23H42O/c1-8-18-11-14-21(24-16-18)20-12-9-19(10-13-20)15-22(4,5)23(6,7)17(2)3/h8,17-21H,1,9-16H2,2-7H3. The van der Waals surface area contributed by atoms with Crippen LogP contribution in [0, 0.1) is 34.5 Å². The molecular weight excluding hydrogens is 292 g/mol. The molecule has 0 aromatic heterocycles. The summed E-state index contributed by atoms with van der Waals surface area (Å²) in [5, 5.41) is 0. The van der Waals surface area contributed by atoms with Crippen LogP contribution in [0.25, 0.3) is 0 Å². The number of hydrogen-bond donors (Lipinski definition) is 0. The number of ether oxygens (including phenoxy) is 1. The lowest BCUT2D eigenvalue weighted by atomic mass is 9.58. The van der Waals surface area contributed by atoms with Crippen molar-refractivity contribution < 1.29 is 4.74 Å². The van der Waals surface area contributed by atoms with Gasteiger partial charge in [-0.1, -0.05) is 60.5 Å². The molecule has 2 atom stereocenters. The first-order valence-electron chi connectivity index (χ1n) is 10.4. The van der Waals surface area contributed by atoms with Crippen molar-refractivity contribution in [2.45, 2.75) is 92.6 Å². The summed E-state index contributed by atoms with van der Waals surface area (Å²) < 4.78 is 6.17. The van der Waals surface area contributed by atoms with Gasteiger partial charge in [0.25, 0.3) is 0 Å². The third-order valence-corrected chi connectivity index (χ3v) is 8.08. The first-order valence-corrected chi connectivity index (χ1v) is 10.4. The van der Waals surface area contributed by atoms with Crippen LogP contribution >= 0.6 is 0 Å². The zero-order chi connectivity index (χ0) is 18.0. The lowest BCUT2D eigenvalue weighted by molar-refractivity contribution is -0.0529. The van der Waals surface area contributed by atoms with Gasteiger partial charge in [0, 0.05) is 5.92 Å². The highest BCUT2D eigenvalue weighted by Gasteiger charge is 2.41. The molecule has 0 aromatic rings.